The van der Waals surface area contributed by atoms with E-state index in [-0.39, 0.29) is 31.3 Å². The van der Waals surface area contributed by atoms with Gasteiger partial charge in [0.25, 0.3) is 0 Å². The lowest BCUT2D eigenvalue weighted by molar-refractivity contribution is -0.0205. The molecule has 1 aromatic carbocycles. The minimum atomic E-state index is -0.758. The highest BCUT2D eigenvalue weighted by atomic mass is 35.5. The molecule has 2 fully saturated rings. The lowest BCUT2D eigenvalue weighted by atomic mass is 10.0. The maximum Gasteiger partial charge on any atom is 0.319 e. The molecule has 0 aliphatic carbocycles. The zero-order chi connectivity index (χ0) is 17.8. The quantitative estimate of drug-likeness (QED) is 0.622. The van der Waals surface area contributed by atoms with E-state index in [9.17, 15) is 15.0 Å². The van der Waals surface area contributed by atoms with Gasteiger partial charge in [-0.2, -0.15) is 0 Å². The first kappa shape index (κ1) is 18.4. The van der Waals surface area contributed by atoms with Gasteiger partial charge >= 0.3 is 6.03 Å². The van der Waals surface area contributed by atoms with E-state index in [4.69, 9.17) is 16.3 Å². The highest BCUT2D eigenvalue weighted by Crippen LogP contribution is 2.28. The van der Waals surface area contributed by atoms with Gasteiger partial charge in [0.05, 0.1) is 18.8 Å². The van der Waals surface area contributed by atoms with Crippen LogP contribution in [0.4, 0.5) is 10.5 Å². The van der Waals surface area contributed by atoms with Crippen molar-refractivity contribution >= 4 is 23.3 Å². The molecule has 2 aliphatic heterocycles. The Balaban J connectivity index is 1.57. The number of ether oxygens (including phenoxy) is 1. The van der Waals surface area contributed by atoms with E-state index in [0.29, 0.717) is 10.7 Å². The van der Waals surface area contributed by atoms with E-state index in [1.165, 1.54) is 0 Å². The summed E-state index contributed by atoms with van der Waals surface area (Å²) in [6.07, 6.45) is 0.430. The van der Waals surface area contributed by atoms with Gasteiger partial charge < -0.3 is 25.6 Å². The molecule has 0 saturated carbocycles. The van der Waals surface area contributed by atoms with Crippen molar-refractivity contribution in [3.05, 3.63) is 29.3 Å². The third kappa shape index (κ3) is 4.43. The van der Waals surface area contributed by atoms with Crippen LogP contribution in [0, 0.1) is 0 Å². The number of nitrogens with zero attached hydrogens (tertiary/aromatic N) is 1. The van der Waals surface area contributed by atoms with Crippen molar-refractivity contribution in [2.45, 2.75) is 37.2 Å². The molecule has 0 unspecified atom stereocenters. The molecule has 3 rings (SSSR count). The van der Waals surface area contributed by atoms with Gasteiger partial charge in [0.2, 0.25) is 0 Å². The number of halogens is 1. The molecule has 2 heterocycles. The summed E-state index contributed by atoms with van der Waals surface area (Å²) in [6.45, 7) is 1.81. The Hall–Kier alpha value is -1.38. The van der Waals surface area contributed by atoms with Crippen molar-refractivity contribution in [2.24, 2.45) is 0 Å². The fraction of sp³-hybridized carbons (Fsp3) is 0.588. The van der Waals surface area contributed by atoms with Crippen molar-refractivity contribution in [1.29, 1.82) is 0 Å². The molecule has 138 valence electrons. The first-order valence-corrected chi connectivity index (χ1v) is 8.95. The summed E-state index contributed by atoms with van der Waals surface area (Å²) in [5.74, 6) is 0. The van der Waals surface area contributed by atoms with Crippen molar-refractivity contribution in [1.82, 2.24) is 10.2 Å². The number of hydrogen-bond acceptors (Lipinski definition) is 5. The minimum Gasteiger partial charge on any atom is -0.394 e. The summed E-state index contributed by atoms with van der Waals surface area (Å²) in [5, 5.41) is 25.9. The van der Waals surface area contributed by atoms with Gasteiger partial charge in [-0.15, -0.1) is 0 Å². The molecule has 2 amide bonds. The molecular weight excluding hydrogens is 346 g/mol. The second kappa shape index (κ2) is 8.33. The molecule has 4 N–H and O–H groups in total. The van der Waals surface area contributed by atoms with Gasteiger partial charge in [-0.1, -0.05) is 17.7 Å². The van der Waals surface area contributed by atoms with Gasteiger partial charge in [0.1, 0.15) is 12.2 Å². The molecule has 0 spiro atoms. The van der Waals surface area contributed by atoms with Crippen LogP contribution < -0.4 is 10.6 Å². The second-order valence-corrected chi connectivity index (χ2v) is 6.90. The Kier molecular flexibility index (Phi) is 6.14. The minimum absolute atomic E-state index is 0.217. The number of anilines is 1. The topological polar surface area (TPSA) is 94.1 Å². The van der Waals surface area contributed by atoms with Crippen LogP contribution in [0.3, 0.4) is 0 Å². The number of urea groups is 1. The van der Waals surface area contributed by atoms with Gasteiger partial charge in [-0.25, -0.2) is 4.79 Å². The molecule has 1 aromatic rings. The molecule has 2 saturated heterocycles. The summed E-state index contributed by atoms with van der Waals surface area (Å²) >= 11 is 5.90. The molecule has 2 aliphatic rings. The Labute approximate surface area is 151 Å². The lowest BCUT2D eigenvalue weighted by Crippen LogP contribution is -2.50. The van der Waals surface area contributed by atoms with E-state index < -0.39 is 12.2 Å². The summed E-state index contributed by atoms with van der Waals surface area (Å²) in [7, 11) is 0. The fourth-order valence-corrected chi connectivity index (χ4v) is 3.76. The van der Waals surface area contributed by atoms with Crippen LogP contribution in [0.5, 0.6) is 0 Å². The average Bonchev–Trinajstić information content (AvgIpc) is 3.20. The van der Waals surface area contributed by atoms with Crippen molar-refractivity contribution in [3.8, 4) is 0 Å². The highest BCUT2D eigenvalue weighted by Gasteiger charge is 2.46. The third-order valence-corrected chi connectivity index (χ3v) is 4.98. The largest absolute Gasteiger partial charge is 0.394 e. The lowest BCUT2D eigenvalue weighted by Gasteiger charge is -2.30. The summed E-state index contributed by atoms with van der Waals surface area (Å²) in [4.78, 5) is 14.3. The highest BCUT2D eigenvalue weighted by molar-refractivity contribution is 6.30. The predicted octanol–water partition coefficient (Wildman–Crippen LogP) is 1.05. The smallest absolute Gasteiger partial charge is 0.319 e. The third-order valence-electron chi connectivity index (χ3n) is 4.75. The van der Waals surface area contributed by atoms with E-state index in [0.717, 1.165) is 25.9 Å². The number of hydrogen-bond donors (Lipinski definition) is 4. The Bertz CT molecular complexity index is 597. The summed E-state index contributed by atoms with van der Waals surface area (Å²) in [5.41, 5.74) is 0.599. The van der Waals surface area contributed by atoms with E-state index in [1.807, 2.05) is 0 Å². The zero-order valence-corrected chi connectivity index (χ0v) is 14.7. The predicted molar refractivity (Wildman–Crippen MR) is 94.8 cm³/mol. The molecule has 0 aromatic heterocycles. The van der Waals surface area contributed by atoms with Gasteiger partial charge in [-0.05, 0) is 44.1 Å². The van der Waals surface area contributed by atoms with Gasteiger partial charge in [0, 0.05) is 17.3 Å². The zero-order valence-electron chi connectivity index (χ0n) is 13.9. The molecule has 0 radical (unpaired) electrons. The SMILES string of the molecule is O=C(NC[C@H]1O[C@@H](CO)[C@@H](O)[C@H]1N1CCCC1)Nc1cccc(Cl)c1. The standard InChI is InChI=1S/C17H24ClN3O4/c18-11-4-3-5-12(8-11)20-17(24)19-9-13-15(21-6-1-2-7-21)16(23)14(10-22)25-13/h3-5,8,13-16,22-23H,1-2,6-7,9-10H2,(H2,19,20,24)/t13-,14+,15+,16-/m1/s1. The molecule has 0 bridgehead atoms. The number of carbonyl (C=O) groups is 1. The van der Waals surface area contributed by atoms with Crippen LogP contribution in [0.1, 0.15) is 12.8 Å². The number of likely N-dealkylation sites (tertiary alicyclic amines) is 1. The first-order chi connectivity index (χ1) is 12.1. The molecule has 8 heteroatoms. The van der Waals surface area contributed by atoms with Crippen LogP contribution in [0.25, 0.3) is 0 Å². The molecule has 25 heavy (non-hydrogen) atoms. The Morgan fingerprint density at radius 3 is 2.76 bits per heavy atom. The van der Waals surface area contributed by atoms with E-state index in [1.54, 1.807) is 24.3 Å². The maximum atomic E-state index is 12.1. The van der Waals surface area contributed by atoms with Crippen LogP contribution >= 0.6 is 11.6 Å². The first-order valence-electron chi connectivity index (χ1n) is 8.57. The van der Waals surface area contributed by atoms with Crippen molar-refractivity contribution < 1.29 is 19.7 Å². The number of aliphatic hydroxyl groups is 2. The van der Waals surface area contributed by atoms with Crippen molar-refractivity contribution in [2.75, 3.05) is 31.6 Å². The van der Waals surface area contributed by atoms with Crippen LogP contribution in [0.15, 0.2) is 24.3 Å². The molecule has 4 atom stereocenters. The van der Waals surface area contributed by atoms with Crippen LogP contribution in [-0.4, -0.2) is 71.7 Å². The summed E-state index contributed by atoms with van der Waals surface area (Å²) < 4.78 is 5.76. The second-order valence-electron chi connectivity index (χ2n) is 6.47. The van der Waals surface area contributed by atoms with Crippen LogP contribution in [0.2, 0.25) is 5.02 Å². The average molecular weight is 370 g/mol. The van der Waals surface area contributed by atoms with Crippen LogP contribution in [-0.2, 0) is 4.74 Å². The number of nitrogens with one attached hydrogen (secondary N) is 2. The number of amides is 2. The molecular formula is C17H24ClN3O4. The van der Waals surface area contributed by atoms with Gasteiger partial charge in [-0.3, -0.25) is 4.90 Å². The van der Waals surface area contributed by atoms with E-state index >= 15 is 0 Å². The summed E-state index contributed by atoms with van der Waals surface area (Å²) in [6, 6.07) is 6.30. The van der Waals surface area contributed by atoms with Crippen molar-refractivity contribution in [3.63, 3.8) is 0 Å². The normalized spacial score (nSPS) is 29.7. The number of benzene rings is 1. The Morgan fingerprint density at radius 2 is 2.08 bits per heavy atom. The number of carbonyl (C=O) groups excluding carboxylic acids is 1. The fourth-order valence-electron chi connectivity index (χ4n) is 3.57. The molecule has 7 nitrogen and oxygen atoms in total. The van der Waals surface area contributed by atoms with E-state index in [2.05, 4.69) is 15.5 Å². The Morgan fingerprint density at radius 1 is 1.32 bits per heavy atom. The number of rotatable bonds is 5. The van der Waals surface area contributed by atoms with Gasteiger partial charge in [0.15, 0.2) is 0 Å². The maximum absolute atomic E-state index is 12.1. The number of aliphatic hydroxyl groups excluding tert-OH is 2. The monoisotopic (exact) mass is 369 g/mol.